The molecular formula is C22H23NO4. The second-order valence-corrected chi connectivity index (χ2v) is 7.30. The van der Waals surface area contributed by atoms with Gasteiger partial charge in [-0.3, -0.25) is 4.99 Å². The number of ether oxygens (including phenoxy) is 4. The quantitative estimate of drug-likeness (QED) is 0.813. The number of methoxy groups -OCH3 is 2. The summed E-state index contributed by atoms with van der Waals surface area (Å²) in [6.45, 7) is 0.275. The van der Waals surface area contributed by atoms with Gasteiger partial charge in [0.15, 0.2) is 23.0 Å². The molecule has 0 amide bonds. The third kappa shape index (κ3) is 2.64. The summed E-state index contributed by atoms with van der Waals surface area (Å²) in [5, 5.41) is 0. The minimum absolute atomic E-state index is 0.275. The molecule has 0 saturated heterocycles. The van der Waals surface area contributed by atoms with Gasteiger partial charge < -0.3 is 18.9 Å². The fourth-order valence-corrected chi connectivity index (χ4v) is 4.54. The second-order valence-electron chi connectivity index (χ2n) is 7.30. The van der Waals surface area contributed by atoms with E-state index in [-0.39, 0.29) is 6.79 Å². The number of aliphatic imine (C=N–C) groups is 1. The smallest absolute Gasteiger partial charge is 0.231 e. The molecule has 2 atom stereocenters. The van der Waals surface area contributed by atoms with Crippen LogP contribution in [0.15, 0.2) is 35.3 Å². The van der Waals surface area contributed by atoms with Crippen LogP contribution in [0.4, 0.5) is 0 Å². The average Bonchev–Trinajstić information content (AvgIpc) is 3.20. The largest absolute Gasteiger partial charge is 0.493 e. The van der Waals surface area contributed by atoms with Crippen LogP contribution in [-0.4, -0.2) is 32.8 Å². The SMILES string of the molecule is COc1cc2c(cc1OC)C1CCCCC1N=C2c1ccc2c(c1)OCO2. The maximum absolute atomic E-state index is 5.58. The molecule has 0 N–H and O–H groups in total. The van der Waals surface area contributed by atoms with Gasteiger partial charge in [0, 0.05) is 17.0 Å². The Bertz CT molecular complexity index is 921. The Morgan fingerprint density at radius 2 is 1.70 bits per heavy atom. The Labute approximate surface area is 158 Å². The number of hydrogen-bond donors (Lipinski definition) is 0. The maximum atomic E-state index is 5.58. The zero-order chi connectivity index (χ0) is 18.4. The van der Waals surface area contributed by atoms with E-state index in [9.17, 15) is 0 Å². The van der Waals surface area contributed by atoms with Gasteiger partial charge in [0.2, 0.25) is 6.79 Å². The van der Waals surface area contributed by atoms with Crippen LogP contribution in [0.5, 0.6) is 23.0 Å². The summed E-state index contributed by atoms with van der Waals surface area (Å²) in [7, 11) is 3.37. The first-order valence-electron chi connectivity index (χ1n) is 9.52. The lowest BCUT2D eigenvalue weighted by Crippen LogP contribution is -2.29. The van der Waals surface area contributed by atoms with Gasteiger partial charge in [-0.05, 0) is 48.7 Å². The first kappa shape index (κ1) is 16.5. The average molecular weight is 365 g/mol. The summed E-state index contributed by atoms with van der Waals surface area (Å²) in [5.41, 5.74) is 4.51. The van der Waals surface area contributed by atoms with Crippen molar-refractivity contribution in [2.45, 2.75) is 37.6 Å². The summed E-state index contributed by atoms with van der Waals surface area (Å²) in [5.74, 6) is 3.54. The Morgan fingerprint density at radius 1 is 0.926 bits per heavy atom. The minimum Gasteiger partial charge on any atom is -0.493 e. The van der Waals surface area contributed by atoms with Crippen LogP contribution < -0.4 is 18.9 Å². The molecule has 27 heavy (non-hydrogen) atoms. The first-order valence-corrected chi connectivity index (χ1v) is 9.52. The zero-order valence-electron chi connectivity index (χ0n) is 15.7. The molecule has 3 aliphatic rings. The van der Waals surface area contributed by atoms with Crippen molar-refractivity contribution in [3.63, 3.8) is 0 Å². The van der Waals surface area contributed by atoms with E-state index in [0.717, 1.165) is 46.3 Å². The highest BCUT2D eigenvalue weighted by molar-refractivity contribution is 6.15. The fraction of sp³-hybridized carbons (Fsp3) is 0.409. The van der Waals surface area contributed by atoms with E-state index >= 15 is 0 Å². The summed E-state index contributed by atoms with van der Waals surface area (Å²) >= 11 is 0. The summed E-state index contributed by atoms with van der Waals surface area (Å²) < 4.78 is 22.2. The monoisotopic (exact) mass is 365 g/mol. The van der Waals surface area contributed by atoms with Gasteiger partial charge in [-0.2, -0.15) is 0 Å². The van der Waals surface area contributed by atoms with Crippen molar-refractivity contribution < 1.29 is 18.9 Å². The first-order chi connectivity index (χ1) is 13.3. The van der Waals surface area contributed by atoms with Gasteiger partial charge in [-0.25, -0.2) is 0 Å². The van der Waals surface area contributed by atoms with Crippen molar-refractivity contribution in [1.29, 1.82) is 0 Å². The Morgan fingerprint density at radius 3 is 2.56 bits per heavy atom. The van der Waals surface area contributed by atoms with Crippen LogP contribution in [0.25, 0.3) is 0 Å². The van der Waals surface area contributed by atoms with Crippen LogP contribution in [0.3, 0.4) is 0 Å². The molecule has 5 nitrogen and oxygen atoms in total. The van der Waals surface area contributed by atoms with Crippen molar-refractivity contribution in [2.24, 2.45) is 4.99 Å². The topological polar surface area (TPSA) is 49.3 Å². The van der Waals surface area contributed by atoms with Crippen molar-refractivity contribution in [1.82, 2.24) is 0 Å². The van der Waals surface area contributed by atoms with Gasteiger partial charge in [0.1, 0.15) is 0 Å². The van der Waals surface area contributed by atoms with Gasteiger partial charge in [0.25, 0.3) is 0 Å². The standard InChI is InChI=1S/C22H23NO4/c1-24-19-10-15-14-5-3-4-6-17(14)23-22(16(15)11-20(19)25-2)13-7-8-18-21(9-13)27-12-26-18/h7-11,14,17H,3-6,12H2,1-2H3. The normalized spacial score (nSPS) is 22.5. The third-order valence-electron chi connectivity index (χ3n) is 5.88. The molecule has 140 valence electrons. The van der Waals surface area contributed by atoms with E-state index in [1.54, 1.807) is 14.2 Å². The molecule has 1 fully saturated rings. The molecule has 2 unspecified atom stereocenters. The molecule has 0 spiro atoms. The van der Waals surface area contributed by atoms with E-state index in [0.29, 0.717) is 12.0 Å². The molecule has 2 aromatic carbocycles. The van der Waals surface area contributed by atoms with Crippen LogP contribution in [-0.2, 0) is 0 Å². The lowest BCUT2D eigenvalue weighted by atomic mass is 9.75. The molecule has 0 radical (unpaired) electrons. The number of hydrogen-bond acceptors (Lipinski definition) is 5. The molecule has 5 heteroatoms. The molecule has 2 heterocycles. The van der Waals surface area contributed by atoms with E-state index < -0.39 is 0 Å². The number of rotatable bonds is 3. The zero-order valence-corrected chi connectivity index (χ0v) is 15.7. The molecule has 1 aliphatic carbocycles. The molecule has 1 saturated carbocycles. The van der Waals surface area contributed by atoms with Crippen LogP contribution in [0, 0.1) is 0 Å². The van der Waals surface area contributed by atoms with Crippen molar-refractivity contribution in [3.05, 3.63) is 47.0 Å². The van der Waals surface area contributed by atoms with Crippen LogP contribution >= 0.6 is 0 Å². The highest BCUT2D eigenvalue weighted by Gasteiger charge is 2.35. The van der Waals surface area contributed by atoms with Gasteiger partial charge in [0.05, 0.1) is 26.0 Å². The fourth-order valence-electron chi connectivity index (χ4n) is 4.54. The highest BCUT2D eigenvalue weighted by atomic mass is 16.7. The van der Waals surface area contributed by atoms with Gasteiger partial charge in [-0.15, -0.1) is 0 Å². The molecule has 2 aromatic rings. The second kappa shape index (κ2) is 6.48. The number of benzene rings is 2. The van der Waals surface area contributed by atoms with Crippen molar-refractivity contribution in [2.75, 3.05) is 21.0 Å². The Balaban J connectivity index is 1.68. The molecule has 5 rings (SSSR count). The van der Waals surface area contributed by atoms with Crippen LogP contribution in [0.1, 0.15) is 48.3 Å². The highest BCUT2D eigenvalue weighted by Crippen LogP contribution is 2.45. The predicted molar refractivity (Wildman–Crippen MR) is 103 cm³/mol. The van der Waals surface area contributed by atoms with E-state index in [2.05, 4.69) is 18.2 Å². The maximum Gasteiger partial charge on any atom is 0.231 e. The Hall–Kier alpha value is -2.69. The summed E-state index contributed by atoms with van der Waals surface area (Å²) in [4.78, 5) is 5.20. The molecule has 0 bridgehead atoms. The predicted octanol–water partition coefficient (Wildman–Crippen LogP) is 4.31. The van der Waals surface area contributed by atoms with Crippen LogP contribution in [0.2, 0.25) is 0 Å². The molecular weight excluding hydrogens is 342 g/mol. The summed E-state index contributed by atoms with van der Waals surface area (Å²) in [6, 6.07) is 10.6. The van der Waals surface area contributed by atoms with Crippen molar-refractivity contribution >= 4 is 5.71 Å². The van der Waals surface area contributed by atoms with E-state index in [1.807, 2.05) is 12.1 Å². The van der Waals surface area contributed by atoms with Gasteiger partial charge in [-0.1, -0.05) is 12.8 Å². The Kier molecular flexibility index (Phi) is 3.96. The number of fused-ring (bicyclic) bond motifs is 4. The summed E-state index contributed by atoms with van der Waals surface area (Å²) in [6.07, 6.45) is 4.79. The van der Waals surface area contributed by atoms with E-state index in [4.69, 9.17) is 23.9 Å². The molecule has 0 aromatic heterocycles. The lowest BCUT2D eigenvalue weighted by molar-refractivity contribution is 0.174. The lowest BCUT2D eigenvalue weighted by Gasteiger charge is -2.35. The third-order valence-corrected chi connectivity index (χ3v) is 5.88. The van der Waals surface area contributed by atoms with E-state index in [1.165, 1.54) is 24.8 Å². The van der Waals surface area contributed by atoms with Gasteiger partial charge >= 0.3 is 0 Å². The minimum atomic E-state index is 0.275. The number of nitrogens with zero attached hydrogens (tertiary/aromatic N) is 1. The van der Waals surface area contributed by atoms with Crippen molar-refractivity contribution in [3.8, 4) is 23.0 Å². The molecule has 2 aliphatic heterocycles.